The Labute approximate surface area is 111 Å². The molecule has 0 bridgehead atoms. The summed E-state index contributed by atoms with van der Waals surface area (Å²) in [6.45, 7) is 1.38. The van der Waals surface area contributed by atoms with Crippen LogP contribution >= 0.6 is 0 Å². The molecule has 0 spiro atoms. The summed E-state index contributed by atoms with van der Waals surface area (Å²) in [5.74, 6) is 1.08. The lowest BCUT2D eigenvalue weighted by atomic mass is 10.3. The summed E-state index contributed by atoms with van der Waals surface area (Å²) in [5.41, 5.74) is 0.706. The van der Waals surface area contributed by atoms with Crippen molar-refractivity contribution < 1.29 is 9.63 Å². The van der Waals surface area contributed by atoms with E-state index in [9.17, 15) is 0 Å². The van der Waals surface area contributed by atoms with Crippen LogP contribution in [-0.2, 0) is 6.54 Å². The van der Waals surface area contributed by atoms with Crippen molar-refractivity contribution >= 4 is 0 Å². The number of hydrogen-bond acceptors (Lipinski definition) is 6. The standard InChI is InChI=1S/C13H16N4O2/c18-8-7-17(10-4-5-10)9-12-15-13(16-19-12)11-3-1-2-6-14-11/h1-3,6,10,18H,4-5,7-9H2. The van der Waals surface area contributed by atoms with Gasteiger partial charge in [-0.1, -0.05) is 11.2 Å². The van der Waals surface area contributed by atoms with Crippen molar-refractivity contribution in [3.8, 4) is 11.5 Å². The third kappa shape index (κ3) is 2.97. The van der Waals surface area contributed by atoms with E-state index in [0.29, 0.717) is 36.5 Å². The molecule has 0 atom stereocenters. The first kappa shape index (κ1) is 12.3. The normalized spacial score (nSPS) is 15.1. The Morgan fingerprint density at radius 3 is 2.95 bits per heavy atom. The van der Waals surface area contributed by atoms with E-state index in [1.165, 1.54) is 12.8 Å². The largest absolute Gasteiger partial charge is 0.395 e. The fraction of sp³-hybridized carbons (Fsp3) is 0.462. The Hall–Kier alpha value is -1.79. The maximum Gasteiger partial charge on any atom is 0.241 e. The van der Waals surface area contributed by atoms with Crippen LogP contribution in [0, 0.1) is 0 Å². The molecule has 6 nitrogen and oxygen atoms in total. The van der Waals surface area contributed by atoms with E-state index in [2.05, 4.69) is 20.0 Å². The molecule has 1 saturated carbocycles. The lowest BCUT2D eigenvalue weighted by Crippen LogP contribution is -2.28. The molecule has 19 heavy (non-hydrogen) atoms. The summed E-state index contributed by atoms with van der Waals surface area (Å²) in [5, 5.41) is 13.0. The van der Waals surface area contributed by atoms with Crippen molar-refractivity contribution in [2.24, 2.45) is 0 Å². The van der Waals surface area contributed by atoms with Gasteiger partial charge in [0.05, 0.1) is 13.2 Å². The summed E-state index contributed by atoms with van der Waals surface area (Å²) in [6, 6.07) is 6.14. The molecule has 2 aromatic rings. The Kier molecular flexibility index (Phi) is 3.52. The minimum absolute atomic E-state index is 0.151. The number of rotatable bonds is 6. The molecular weight excluding hydrogens is 244 g/mol. The van der Waals surface area contributed by atoms with Gasteiger partial charge in [-0.25, -0.2) is 0 Å². The summed E-state index contributed by atoms with van der Waals surface area (Å²) in [7, 11) is 0. The molecule has 0 unspecified atom stereocenters. The molecular formula is C13H16N4O2. The summed E-state index contributed by atoms with van der Waals surface area (Å²) in [6.07, 6.45) is 4.07. The first-order chi connectivity index (χ1) is 9.36. The highest BCUT2D eigenvalue weighted by atomic mass is 16.5. The van der Waals surface area contributed by atoms with Crippen LogP contribution < -0.4 is 0 Å². The van der Waals surface area contributed by atoms with Gasteiger partial charge >= 0.3 is 0 Å². The number of nitrogens with zero attached hydrogens (tertiary/aromatic N) is 4. The van der Waals surface area contributed by atoms with Crippen LogP contribution in [0.15, 0.2) is 28.9 Å². The maximum atomic E-state index is 9.06. The molecule has 2 aromatic heterocycles. The topological polar surface area (TPSA) is 75.3 Å². The molecule has 0 aliphatic heterocycles. The van der Waals surface area contributed by atoms with E-state index in [4.69, 9.17) is 9.63 Å². The van der Waals surface area contributed by atoms with Crippen molar-refractivity contribution in [3.05, 3.63) is 30.3 Å². The fourth-order valence-electron chi connectivity index (χ4n) is 2.05. The molecule has 1 fully saturated rings. The number of pyridine rings is 1. The maximum absolute atomic E-state index is 9.06. The van der Waals surface area contributed by atoms with Gasteiger partial charge in [0.25, 0.3) is 0 Å². The second-order valence-electron chi connectivity index (χ2n) is 4.65. The van der Waals surface area contributed by atoms with Gasteiger partial charge in [-0.3, -0.25) is 9.88 Å². The van der Waals surface area contributed by atoms with E-state index < -0.39 is 0 Å². The molecule has 1 N–H and O–H groups in total. The van der Waals surface area contributed by atoms with Crippen LogP contribution in [-0.4, -0.2) is 44.3 Å². The molecule has 2 heterocycles. The van der Waals surface area contributed by atoms with Gasteiger partial charge in [-0.05, 0) is 25.0 Å². The molecule has 0 saturated heterocycles. The number of aliphatic hydroxyl groups is 1. The van der Waals surface area contributed by atoms with Gasteiger partial charge in [-0.2, -0.15) is 4.98 Å². The van der Waals surface area contributed by atoms with Crippen molar-refractivity contribution in [3.63, 3.8) is 0 Å². The predicted molar refractivity (Wildman–Crippen MR) is 68.0 cm³/mol. The zero-order chi connectivity index (χ0) is 13.1. The zero-order valence-electron chi connectivity index (χ0n) is 10.6. The van der Waals surface area contributed by atoms with Crippen LogP contribution in [0.3, 0.4) is 0 Å². The molecule has 1 aliphatic carbocycles. The Balaban J connectivity index is 1.70. The van der Waals surface area contributed by atoms with E-state index in [1.54, 1.807) is 6.20 Å². The summed E-state index contributed by atoms with van der Waals surface area (Å²) >= 11 is 0. The smallest absolute Gasteiger partial charge is 0.241 e. The summed E-state index contributed by atoms with van der Waals surface area (Å²) in [4.78, 5) is 10.7. The van der Waals surface area contributed by atoms with Crippen LogP contribution in [0.4, 0.5) is 0 Å². The first-order valence-electron chi connectivity index (χ1n) is 6.45. The third-order valence-corrected chi connectivity index (χ3v) is 3.15. The van der Waals surface area contributed by atoms with Crippen molar-refractivity contribution in [1.29, 1.82) is 0 Å². The minimum Gasteiger partial charge on any atom is -0.395 e. The Morgan fingerprint density at radius 1 is 1.37 bits per heavy atom. The van der Waals surface area contributed by atoms with Crippen molar-refractivity contribution in [2.75, 3.05) is 13.2 Å². The average molecular weight is 260 g/mol. The van der Waals surface area contributed by atoms with Gasteiger partial charge in [0.15, 0.2) is 0 Å². The predicted octanol–water partition coefficient (Wildman–Crippen LogP) is 1.09. The van der Waals surface area contributed by atoms with E-state index in [1.807, 2.05) is 18.2 Å². The van der Waals surface area contributed by atoms with Crippen molar-refractivity contribution in [1.82, 2.24) is 20.0 Å². The molecule has 6 heteroatoms. The molecule has 0 amide bonds. The number of aromatic nitrogens is 3. The minimum atomic E-state index is 0.151. The van der Waals surface area contributed by atoms with Gasteiger partial charge in [0.1, 0.15) is 5.69 Å². The second-order valence-corrected chi connectivity index (χ2v) is 4.65. The van der Waals surface area contributed by atoms with Crippen molar-refractivity contribution in [2.45, 2.75) is 25.4 Å². The van der Waals surface area contributed by atoms with Crippen LogP contribution in [0.2, 0.25) is 0 Å². The zero-order valence-corrected chi connectivity index (χ0v) is 10.6. The molecule has 1 aliphatic rings. The molecule has 0 radical (unpaired) electrons. The third-order valence-electron chi connectivity index (χ3n) is 3.15. The average Bonchev–Trinajstić information content (AvgIpc) is 3.19. The molecule has 0 aromatic carbocycles. The van der Waals surface area contributed by atoms with E-state index in [-0.39, 0.29) is 6.61 Å². The monoisotopic (exact) mass is 260 g/mol. The van der Waals surface area contributed by atoms with Gasteiger partial charge < -0.3 is 9.63 Å². The SMILES string of the molecule is OCCN(Cc1nc(-c2ccccn2)no1)C1CC1. The van der Waals surface area contributed by atoms with Crippen LogP contribution in [0.25, 0.3) is 11.5 Å². The quantitative estimate of drug-likeness (QED) is 0.838. The molecule has 3 rings (SSSR count). The van der Waals surface area contributed by atoms with Crippen LogP contribution in [0.5, 0.6) is 0 Å². The highest BCUT2D eigenvalue weighted by Gasteiger charge is 2.29. The highest BCUT2D eigenvalue weighted by Crippen LogP contribution is 2.27. The lowest BCUT2D eigenvalue weighted by Gasteiger charge is -2.17. The second kappa shape index (κ2) is 5.46. The van der Waals surface area contributed by atoms with Crippen LogP contribution in [0.1, 0.15) is 18.7 Å². The lowest BCUT2D eigenvalue weighted by molar-refractivity contribution is 0.167. The molecule has 100 valence electrons. The number of hydrogen-bond donors (Lipinski definition) is 1. The first-order valence-corrected chi connectivity index (χ1v) is 6.45. The van der Waals surface area contributed by atoms with E-state index >= 15 is 0 Å². The van der Waals surface area contributed by atoms with Gasteiger partial charge in [0.2, 0.25) is 11.7 Å². The highest BCUT2D eigenvalue weighted by molar-refractivity contribution is 5.46. The van der Waals surface area contributed by atoms with E-state index in [0.717, 1.165) is 0 Å². The van der Waals surface area contributed by atoms with Gasteiger partial charge in [0, 0.05) is 18.8 Å². The van der Waals surface area contributed by atoms with Gasteiger partial charge in [-0.15, -0.1) is 0 Å². The Morgan fingerprint density at radius 2 is 2.26 bits per heavy atom. The number of aliphatic hydroxyl groups excluding tert-OH is 1. The summed E-state index contributed by atoms with van der Waals surface area (Å²) < 4.78 is 5.25. The fourth-order valence-corrected chi connectivity index (χ4v) is 2.05. The Bertz CT molecular complexity index is 524.